The van der Waals surface area contributed by atoms with Crippen molar-refractivity contribution in [2.24, 2.45) is 0 Å². The molecule has 146 valence electrons. The Morgan fingerprint density at radius 3 is 2.16 bits per heavy atom. The normalized spacial score (nSPS) is 11.8. The average Bonchev–Trinajstić information content (AvgIpc) is 2.50. The lowest BCUT2D eigenvalue weighted by Crippen LogP contribution is -2.34. The number of rotatable bonds is 8. The Labute approximate surface area is 154 Å². The number of nitrogens with one attached hydrogen (secondary N) is 1. The fourth-order valence-electron chi connectivity index (χ4n) is 1.82. The standard InChI is InChI=1S/C13H21ClN2O3S.CH4O3S/c1-4-16(5-2)9-8-15-20(17,18)13-10-11(14)6-7-12(13)19-3;1-5(2,3)4/h6-7,10,15H,4-5,8-9H2,1-3H3;1H3,(H,2,3,4). The maximum atomic E-state index is 12.3. The molecule has 0 aromatic heterocycles. The van der Waals surface area contributed by atoms with Crippen molar-refractivity contribution in [3.05, 3.63) is 23.2 Å². The Morgan fingerprint density at radius 1 is 1.20 bits per heavy atom. The zero-order chi connectivity index (χ0) is 19.7. The Hall–Kier alpha value is -0.910. The lowest BCUT2D eigenvalue weighted by atomic mass is 10.3. The van der Waals surface area contributed by atoms with E-state index in [1.54, 1.807) is 12.1 Å². The molecule has 0 bridgehead atoms. The average molecular weight is 417 g/mol. The number of halogens is 1. The molecule has 0 unspecified atom stereocenters. The molecule has 0 aliphatic heterocycles. The molecule has 1 aromatic carbocycles. The molecule has 0 radical (unpaired) electrons. The fourth-order valence-corrected chi connectivity index (χ4v) is 3.27. The van der Waals surface area contributed by atoms with Gasteiger partial charge < -0.3 is 9.64 Å². The first-order valence-corrected chi connectivity index (χ1v) is 11.1. The van der Waals surface area contributed by atoms with Gasteiger partial charge in [0.1, 0.15) is 10.6 Å². The van der Waals surface area contributed by atoms with E-state index in [1.807, 2.05) is 13.8 Å². The number of sulfonamides is 1. The molecule has 0 aliphatic rings. The van der Waals surface area contributed by atoms with Crippen LogP contribution in [0.1, 0.15) is 13.8 Å². The van der Waals surface area contributed by atoms with Gasteiger partial charge in [-0.2, -0.15) is 8.42 Å². The summed E-state index contributed by atoms with van der Waals surface area (Å²) in [6.45, 7) is 6.86. The second-order valence-electron chi connectivity index (χ2n) is 4.95. The molecule has 2 N–H and O–H groups in total. The van der Waals surface area contributed by atoms with Crippen molar-refractivity contribution in [2.45, 2.75) is 18.7 Å². The van der Waals surface area contributed by atoms with Crippen LogP contribution in [0.4, 0.5) is 0 Å². The molecule has 0 aliphatic carbocycles. The quantitative estimate of drug-likeness (QED) is 0.617. The molecule has 0 saturated heterocycles. The predicted octanol–water partition coefficient (Wildman–Crippen LogP) is 1.47. The van der Waals surface area contributed by atoms with E-state index in [9.17, 15) is 16.8 Å². The zero-order valence-electron chi connectivity index (χ0n) is 14.7. The third-order valence-electron chi connectivity index (χ3n) is 3.03. The van der Waals surface area contributed by atoms with Crippen molar-refractivity contribution in [2.75, 3.05) is 39.5 Å². The molecule has 0 fully saturated rings. The van der Waals surface area contributed by atoms with Crippen LogP contribution in [0.15, 0.2) is 23.1 Å². The molecular weight excluding hydrogens is 392 g/mol. The predicted molar refractivity (Wildman–Crippen MR) is 98.5 cm³/mol. The molecule has 11 heteroatoms. The number of benzene rings is 1. The first-order valence-electron chi connectivity index (χ1n) is 7.42. The highest BCUT2D eigenvalue weighted by molar-refractivity contribution is 7.89. The highest BCUT2D eigenvalue weighted by Gasteiger charge is 2.19. The Morgan fingerprint density at radius 2 is 1.72 bits per heavy atom. The molecule has 0 heterocycles. The molecule has 25 heavy (non-hydrogen) atoms. The topological polar surface area (TPSA) is 113 Å². The van der Waals surface area contributed by atoms with Crippen LogP contribution in [0.5, 0.6) is 5.75 Å². The second-order valence-corrected chi connectivity index (χ2v) is 8.59. The highest BCUT2D eigenvalue weighted by Crippen LogP contribution is 2.26. The fraction of sp³-hybridized carbons (Fsp3) is 0.571. The number of methoxy groups -OCH3 is 1. The summed E-state index contributed by atoms with van der Waals surface area (Å²) in [4.78, 5) is 2.20. The summed E-state index contributed by atoms with van der Waals surface area (Å²) >= 11 is 5.85. The number of likely N-dealkylation sites (N-methyl/N-ethyl adjacent to an activating group) is 1. The summed E-state index contributed by atoms with van der Waals surface area (Å²) in [7, 11) is -5.86. The van der Waals surface area contributed by atoms with Gasteiger partial charge in [0.25, 0.3) is 10.1 Å². The minimum Gasteiger partial charge on any atom is -0.495 e. The van der Waals surface area contributed by atoms with E-state index >= 15 is 0 Å². The van der Waals surface area contributed by atoms with Crippen molar-refractivity contribution in [1.29, 1.82) is 0 Å². The summed E-state index contributed by atoms with van der Waals surface area (Å²) in [5.74, 6) is 0.282. The van der Waals surface area contributed by atoms with E-state index in [4.69, 9.17) is 20.9 Å². The number of nitrogens with zero attached hydrogens (tertiary/aromatic N) is 1. The molecule has 8 nitrogen and oxygen atoms in total. The Kier molecular flexibility index (Phi) is 10.5. The van der Waals surface area contributed by atoms with E-state index in [2.05, 4.69) is 9.62 Å². The van der Waals surface area contributed by atoms with Gasteiger partial charge in [-0.25, -0.2) is 13.1 Å². The van der Waals surface area contributed by atoms with Gasteiger partial charge >= 0.3 is 0 Å². The number of hydrogen-bond donors (Lipinski definition) is 2. The van der Waals surface area contributed by atoms with Gasteiger partial charge in [-0.3, -0.25) is 4.55 Å². The van der Waals surface area contributed by atoms with Gasteiger partial charge in [0.2, 0.25) is 10.0 Å². The van der Waals surface area contributed by atoms with Crippen LogP contribution < -0.4 is 9.46 Å². The monoisotopic (exact) mass is 416 g/mol. The maximum Gasteiger partial charge on any atom is 0.261 e. The summed E-state index contributed by atoms with van der Waals surface area (Å²) in [6.07, 6.45) is 0.715. The van der Waals surface area contributed by atoms with Gasteiger partial charge in [0, 0.05) is 18.1 Å². The van der Waals surface area contributed by atoms with E-state index in [-0.39, 0.29) is 10.6 Å². The summed E-state index contributed by atoms with van der Waals surface area (Å²) in [5.41, 5.74) is 0. The lowest BCUT2D eigenvalue weighted by Gasteiger charge is -2.18. The Bertz CT molecular complexity index is 726. The zero-order valence-corrected chi connectivity index (χ0v) is 17.1. The molecule has 0 atom stereocenters. The largest absolute Gasteiger partial charge is 0.495 e. The van der Waals surface area contributed by atoms with Crippen molar-refractivity contribution in [1.82, 2.24) is 9.62 Å². The molecule has 1 aromatic rings. The number of ether oxygens (including phenoxy) is 1. The molecule has 0 spiro atoms. The van der Waals surface area contributed by atoms with Crippen LogP contribution in [-0.2, 0) is 20.1 Å². The molecule has 1 rings (SSSR count). The smallest absolute Gasteiger partial charge is 0.261 e. The van der Waals surface area contributed by atoms with Gasteiger partial charge in [-0.15, -0.1) is 0 Å². The molecular formula is C14H25ClN2O6S2. The van der Waals surface area contributed by atoms with Crippen LogP contribution in [0, 0.1) is 0 Å². The van der Waals surface area contributed by atoms with Crippen molar-refractivity contribution >= 4 is 31.7 Å². The summed E-state index contributed by atoms with van der Waals surface area (Å²) in [6, 6.07) is 4.52. The third kappa shape index (κ3) is 10.6. The van der Waals surface area contributed by atoms with E-state index in [0.717, 1.165) is 13.1 Å². The van der Waals surface area contributed by atoms with Gasteiger partial charge in [-0.1, -0.05) is 25.4 Å². The first-order chi connectivity index (χ1) is 11.4. The van der Waals surface area contributed by atoms with Crippen LogP contribution in [0.25, 0.3) is 0 Å². The van der Waals surface area contributed by atoms with Crippen molar-refractivity contribution < 1.29 is 26.1 Å². The summed E-state index contributed by atoms with van der Waals surface area (Å²) in [5, 5.41) is 0.356. The summed E-state index contributed by atoms with van der Waals surface area (Å²) < 4.78 is 58.0. The van der Waals surface area contributed by atoms with Crippen molar-refractivity contribution in [3.8, 4) is 5.75 Å². The Balaban J connectivity index is 0.00000101. The second kappa shape index (κ2) is 10.9. The van der Waals surface area contributed by atoms with Crippen LogP contribution in [0.3, 0.4) is 0 Å². The van der Waals surface area contributed by atoms with E-state index in [1.165, 1.54) is 13.2 Å². The maximum absolute atomic E-state index is 12.3. The SMILES string of the molecule is CCN(CC)CCNS(=O)(=O)c1cc(Cl)ccc1OC.CS(=O)(=O)O. The van der Waals surface area contributed by atoms with E-state index < -0.39 is 20.1 Å². The van der Waals surface area contributed by atoms with Crippen LogP contribution in [-0.4, -0.2) is 65.8 Å². The minimum atomic E-state index is -3.67. The van der Waals surface area contributed by atoms with Crippen LogP contribution in [0.2, 0.25) is 5.02 Å². The van der Waals surface area contributed by atoms with Gasteiger partial charge in [0.05, 0.1) is 13.4 Å². The third-order valence-corrected chi connectivity index (χ3v) is 4.75. The van der Waals surface area contributed by atoms with Crippen LogP contribution >= 0.6 is 11.6 Å². The van der Waals surface area contributed by atoms with Gasteiger partial charge in [-0.05, 0) is 31.3 Å². The van der Waals surface area contributed by atoms with E-state index in [0.29, 0.717) is 24.4 Å². The minimum absolute atomic E-state index is 0.0621. The highest BCUT2D eigenvalue weighted by atomic mass is 35.5. The first kappa shape index (κ1) is 24.1. The van der Waals surface area contributed by atoms with Crippen molar-refractivity contribution in [3.63, 3.8) is 0 Å². The molecule has 0 amide bonds. The molecule has 0 saturated carbocycles. The number of hydrogen-bond acceptors (Lipinski definition) is 6. The lowest BCUT2D eigenvalue weighted by molar-refractivity contribution is 0.309. The van der Waals surface area contributed by atoms with Gasteiger partial charge in [0.15, 0.2) is 0 Å².